The molecule has 0 aliphatic rings. The Bertz CT molecular complexity index is 602. The number of hydrogen-bond donors (Lipinski definition) is 1. The van der Waals surface area contributed by atoms with Crippen LogP contribution in [0, 0.1) is 6.92 Å². The first kappa shape index (κ1) is 14.4. The Labute approximate surface area is 118 Å². The molecular formula is C13H12F2N2O2S. The molecule has 0 aliphatic carbocycles. The number of pyridine rings is 1. The normalized spacial score (nSPS) is 10.6. The van der Waals surface area contributed by atoms with Crippen molar-refractivity contribution in [2.24, 2.45) is 0 Å². The number of thiophene rings is 1. The van der Waals surface area contributed by atoms with Crippen molar-refractivity contribution in [3.63, 3.8) is 0 Å². The lowest BCUT2D eigenvalue weighted by molar-refractivity contribution is -0.0498. The van der Waals surface area contributed by atoms with E-state index < -0.39 is 12.5 Å². The molecule has 7 heteroatoms. The zero-order valence-electron chi connectivity index (χ0n) is 10.6. The topological polar surface area (TPSA) is 51.2 Å². The Balaban J connectivity index is 2.00. The maximum Gasteiger partial charge on any atom is 0.387 e. The van der Waals surface area contributed by atoms with Gasteiger partial charge in [0.05, 0.1) is 12.2 Å². The van der Waals surface area contributed by atoms with Crippen molar-refractivity contribution in [1.82, 2.24) is 10.3 Å². The molecule has 0 radical (unpaired) electrons. The average Bonchev–Trinajstić information content (AvgIpc) is 2.83. The molecule has 0 aliphatic heterocycles. The summed E-state index contributed by atoms with van der Waals surface area (Å²) in [6.45, 7) is -0.874. The largest absolute Gasteiger partial charge is 0.433 e. The number of amides is 1. The van der Waals surface area contributed by atoms with Gasteiger partial charge in [-0.1, -0.05) is 6.07 Å². The van der Waals surface area contributed by atoms with E-state index in [2.05, 4.69) is 15.0 Å². The minimum absolute atomic E-state index is 0.111. The van der Waals surface area contributed by atoms with Gasteiger partial charge in [0.25, 0.3) is 5.91 Å². The quantitative estimate of drug-likeness (QED) is 0.923. The second-order valence-corrected chi connectivity index (χ2v) is 4.86. The molecule has 0 fully saturated rings. The molecule has 2 aromatic rings. The molecule has 0 spiro atoms. The van der Waals surface area contributed by atoms with Gasteiger partial charge in [-0.2, -0.15) is 8.78 Å². The lowest BCUT2D eigenvalue weighted by atomic mass is 10.3. The number of carbonyl (C=O) groups excluding carboxylic acids is 1. The minimum Gasteiger partial charge on any atom is -0.433 e. The molecule has 2 heterocycles. The molecule has 0 saturated heterocycles. The predicted molar refractivity (Wildman–Crippen MR) is 71.1 cm³/mol. The molecule has 0 bridgehead atoms. The van der Waals surface area contributed by atoms with E-state index in [1.165, 1.54) is 11.4 Å². The summed E-state index contributed by atoms with van der Waals surface area (Å²) in [7, 11) is 0. The van der Waals surface area contributed by atoms with Crippen LogP contribution >= 0.6 is 11.3 Å². The van der Waals surface area contributed by atoms with Crippen LogP contribution in [-0.2, 0) is 6.54 Å². The Hall–Kier alpha value is -2.02. The summed E-state index contributed by atoms with van der Waals surface area (Å²) in [5.41, 5.74) is 1.54. The van der Waals surface area contributed by atoms with Crippen LogP contribution in [0.25, 0.3) is 0 Å². The molecular weight excluding hydrogens is 286 g/mol. The molecule has 4 nitrogen and oxygen atoms in total. The van der Waals surface area contributed by atoms with E-state index in [-0.39, 0.29) is 17.2 Å². The van der Waals surface area contributed by atoms with E-state index in [1.807, 2.05) is 19.1 Å². The summed E-state index contributed by atoms with van der Waals surface area (Å²) >= 11 is 1.05. The SMILES string of the molecule is Cc1cccc(CNC(=O)c2sccc2OC(F)F)n1. The minimum atomic E-state index is -2.95. The highest BCUT2D eigenvalue weighted by Crippen LogP contribution is 2.26. The van der Waals surface area contributed by atoms with Crippen molar-refractivity contribution in [2.45, 2.75) is 20.1 Å². The highest BCUT2D eigenvalue weighted by molar-refractivity contribution is 7.12. The van der Waals surface area contributed by atoms with E-state index in [0.29, 0.717) is 5.69 Å². The summed E-state index contributed by atoms with van der Waals surface area (Å²) < 4.78 is 28.6. The summed E-state index contributed by atoms with van der Waals surface area (Å²) in [6, 6.07) is 6.80. The van der Waals surface area contributed by atoms with Crippen molar-refractivity contribution >= 4 is 17.2 Å². The van der Waals surface area contributed by atoms with E-state index in [9.17, 15) is 13.6 Å². The number of hydrogen-bond acceptors (Lipinski definition) is 4. The number of aryl methyl sites for hydroxylation is 1. The van der Waals surface area contributed by atoms with Crippen LogP contribution in [0.3, 0.4) is 0 Å². The fourth-order valence-electron chi connectivity index (χ4n) is 1.60. The number of aromatic nitrogens is 1. The van der Waals surface area contributed by atoms with Gasteiger partial charge in [0.2, 0.25) is 0 Å². The molecule has 0 unspecified atom stereocenters. The Kier molecular flexibility index (Phi) is 4.62. The van der Waals surface area contributed by atoms with Crippen molar-refractivity contribution in [3.8, 4) is 5.75 Å². The van der Waals surface area contributed by atoms with Crippen LogP contribution < -0.4 is 10.1 Å². The van der Waals surface area contributed by atoms with E-state index >= 15 is 0 Å². The predicted octanol–water partition coefficient (Wildman–Crippen LogP) is 2.98. The molecule has 106 valence electrons. The van der Waals surface area contributed by atoms with Crippen LogP contribution in [0.2, 0.25) is 0 Å². The van der Waals surface area contributed by atoms with E-state index in [4.69, 9.17) is 0 Å². The molecule has 0 aromatic carbocycles. The first-order valence-corrected chi connectivity index (χ1v) is 6.67. The summed E-state index contributed by atoms with van der Waals surface area (Å²) in [5.74, 6) is -0.571. The third-order valence-corrected chi connectivity index (χ3v) is 3.32. The number of halogens is 2. The van der Waals surface area contributed by atoms with Crippen molar-refractivity contribution < 1.29 is 18.3 Å². The van der Waals surface area contributed by atoms with Crippen molar-refractivity contribution in [1.29, 1.82) is 0 Å². The molecule has 1 amide bonds. The fourth-order valence-corrected chi connectivity index (χ4v) is 2.34. The maximum atomic E-state index is 12.2. The average molecular weight is 298 g/mol. The van der Waals surface area contributed by atoms with Gasteiger partial charge in [-0.25, -0.2) is 0 Å². The number of nitrogens with zero attached hydrogens (tertiary/aromatic N) is 1. The van der Waals surface area contributed by atoms with Crippen molar-refractivity contribution in [3.05, 3.63) is 45.9 Å². The zero-order chi connectivity index (χ0) is 14.5. The summed E-state index contributed by atoms with van der Waals surface area (Å²) in [6.07, 6.45) is 0. The standard InChI is InChI=1S/C13H12F2N2O2S/c1-8-3-2-4-9(17-8)7-16-12(18)11-10(5-6-20-11)19-13(14)15/h2-6,13H,7H2,1H3,(H,16,18). The summed E-state index contributed by atoms with van der Waals surface area (Å²) in [5, 5.41) is 4.15. The molecule has 2 rings (SSSR count). The molecule has 1 N–H and O–H groups in total. The van der Waals surface area contributed by atoms with Crippen LogP contribution in [0.5, 0.6) is 5.75 Å². The third kappa shape index (κ3) is 3.74. The Morgan fingerprint density at radius 2 is 2.25 bits per heavy atom. The van der Waals surface area contributed by atoms with Crippen LogP contribution in [-0.4, -0.2) is 17.5 Å². The number of rotatable bonds is 5. The van der Waals surface area contributed by atoms with Gasteiger partial charge in [-0.15, -0.1) is 11.3 Å². The maximum absolute atomic E-state index is 12.2. The molecule has 2 aromatic heterocycles. The Morgan fingerprint density at radius 1 is 1.45 bits per heavy atom. The van der Waals surface area contributed by atoms with Gasteiger partial charge in [-0.05, 0) is 30.5 Å². The first-order valence-electron chi connectivity index (χ1n) is 5.79. The Morgan fingerprint density at radius 3 is 2.95 bits per heavy atom. The van der Waals surface area contributed by atoms with Crippen molar-refractivity contribution in [2.75, 3.05) is 0 Å². The lowest BCUT2D eigenvalue weighted by Gasteiger charge is -2.07. The second-order valence-electron chi connectivity index (χ2n) is 3.95. The number of carbonyl (C=O) groups is 1. The van der Waals surface area contributed by atoms with E-state index in [1.54, 1.807) is 6.07 Å². The monoisotopic (exact) mass is 298 g/mol. The molecule has 0 saturated carbocycles. The highest BCUT2D eigenvalue weighted by Gasteiger charge is 2.17. The van der Waals surface area contributed by atoms with Gasteiger partial charge in [-0.3, -0.25) is 9.78 Å². The van der Waals surface area contributed by atoms with Crippen LogP contribution in [0.15, 0.2) is 29.6 Å². The van der Waals surface area contributed by atoms with Gasteiger partial charge in [0.1, 0.15) is 10.6 Å². The fraction of sp³-hybridized carbons (Fsp3) is 0.231. The molecule has 0 atom stereocenters. The van der Waals surface area contributed by atoms with Gasteiger partial charge >= 0.3 is 6.61 Å². The smallest absolute Gasteiger partial charge is 0.387 e. The molecule has 20 heavy (non-hydrogen) atoms. The lowest BCUT2D eigenvalue weighted by Crippen LogP contribution is -2.23. The zero-order valence-corrected chi connectivity index (χ0v) is 11.4. The second kappa shape index (κ2) is 6.42. The van der Waals surface area contributed by atoms with E-state index in [0.717, 1.165) is 17.0 Å². The number of ether oxygens (including phenoxy) is 1. The van der Waals surface area contributed by atoms with Gasteiger partial charge < -0.3 is 10.1 Å². The van der Waals surface area contributed by atoms with Gasteiger partial charge in [0, 0.05) is 5.69 Å². The van der Waals surface area contributed by atoms with Crippen LogP contribution in [0.1, 0.15) is 21.1 Å². The number of nitrogens with one attached hydrogen (secondary N) is 1. The third-order valence-electron chi connectivity index (χ3n) is 2.43. The first-order chi connectivity index (χ1) is 9.56. The van der Waals surface area contributed by atoms with Crippen LogP contribution in [0.4, 0.5) is 8.78 Å². The number of alkyl halides is 2. The highest BCUT2D eigenvalue weighted by atomic mass is 32.1. The summed E-state index contributed by atoms with van der Waals surface area (Å²) in [4.78, 5) is 16.3. The van der Waals surface area contributed by atoms with Gasteiger partial charge in [0.15, 0.2) is 0 Å².